The molecule has 1 fully saturated rings. The van der Waals surface area contributed by atoms with Gasteiger partial charge in [0.25, 0.3) is 11.8 Å². The monoisotopic (exact) mass is 512 g/mol. The Kier molecular flexibility index (Phi) is 7.62. The molecule has 0 saturated heterocycles. The van der Waals surface area contributed by atoms with Crippen LogP contribution in [0.5, 0.6) is 0 Å². The molecule has 1 unspecified atom stereocenters. The zero-order valence-electron chi connectivity index (χ0n) is 21.9. The lowest BCUT2D eigenvalue weighted by atomic mass is 9.93. The molecule has 0 aromatic heterocycles. The van der Waals surface area contributed by atoms with Crippen LogP contribution in [0.2, 0.25) is 0 Å². The zero-order valence-corrected chi connectivity index (χ0v) is 21.9. The first kappa shape index (κ1) is 25.7. The van der Waals surface area contributed by atoms with Crippen LogP contribution >= 0.6 is 0 Å². The standard InChI is InChI=1S/C31H33FN4O2/c1-36(2)19-20-11-14-24(15-12-20)34-30(21-7-4-3-5-8-21)29-25-18-26(32)22(17-27(25)35-31(29)38)13-16-28(37)33-23-9-6-10-23/h4,7-8,11-12,14,17-18,23-24,34H,3,5-6,9-10,15,19H2,1-2H3,(H,33,37)(H,35,38)/b30-29-. The number of hydrogen-bond acceptors (Lipinski definition) is 4. The molecule has 7 heteroatoms. The largest absolute Gasteiger partial charge is 0.377 e. The predicted octanol–water partition coefficient (Wildman–Crippen LogP) is 4.19. The molecule has 1 aliphatic heterocycles. The Bertz CT molecular complexity index is 1370. The summed E-state index contributed by atoms with van der Waals surface area (Å²) in [7, 11) is 4.08. The van der Waals surface area contributed by atoms with E-state index in [-0.39, 0.29) is 23.6 Å². The Balaban J connectivity index is 1.44. The number of nitrogens with zero attached hydrogens (tertiary/aromatic N) is 1. The Labute approximate surface area is 223 Å². The van der Waals surface area contributed by atoms with E-state index in [1.54, 1.807) is 0 Å². The molecule has 0 bridgehead atoms. The van der Waals surface area contributed by atoms with Gasteiger partial charge in [-0.05, 0) is 75.9 Å². The topological polar surface area (TPSA) is 73.5 Å². The molecule has 38 heavy (non-hydrogen) atoms. The number of fused-ring (bicyclic) bond motifs is 1. The molecule has 1 aromatic carbocycles. The summed E-state index contributed by atoms with van der Waals surface area (Å²) in [5, 5.41) is 9.28. The molecular weight excluding hydrogens is 479 g/mol. The SMILES string of the molecule is CN(C)CC1=CCC(N/C(C2=CCCC=C2)=C2\C(=O)Nc3cc(C#CC(=O)NC4CCC4)c(F)cc32)C=C1. The highest BCUT2D eigenvalue weighted by atomic mass is 19.1. The first-order chi connectivity index (χ1) is 18.4. The van der Waals surface area contributed by atoms with Crippen LogP contribution in [0, 0.1) is 17.7 Å². The highest BCUT2D eigenvalue weighted by Gasteiger charge is 2.31. The molecule has 6 nitrogen and oxygen atoms in total. The molecule has 5 rings (SSSR count). The van der Waals surface area contributed by atoms with E-state index < -0.39 is 11.7 Å². The lowest BCUT2D eigenvalue weighted by molar-refractivity contribution is -0.116. The first-order valence-corrected chi connectivity index (χ1v) is 13.2. The van der Waals surface area contributed by atoms with Crippen LogP contribution in [0.15, 0.2) is 65.4 Å². The quantitative estimate of drug-likeness (QED) is 0.395. The summed E-state index contributed by atoms with van der Waals surface area (Å²) >= 11 is 0. The number of benzene rings is 1. The van der Waals surface area contributed by atoms with Gasteiger partial charge in [-0.2, -0.15) is 0 Å². The van der Waals surface area contributed by atoms with Crippen molar-refractivity contribution >= 4 is 23.1 Å². The zero-order chi connectivity index (χ0) is 26.6. The second kappa shape index (κ2) is 11.2. The number of hydrogen-bond donors (Lipinski definition) is 3. The smallest absolute Gasteiger partial charge is 0.296 e. The van der Waals surface area contributed by atoms with E-state index in [2.05, 4.69) is 63.1 Å². The summed E-state index contributed by atoms with van der Waals surface area (Å²) < 4.78 is 15.2. The maximum Gasteiger partial charge on any atom is 0.296 e. The van der Waals surface area contributed by atoms with Crippen molar-refractivity contribution in [1.29, 1.82) is 0 Å². The van der Waals surface area contributed by atoms with Crippen molar-refractivity contribution in [1.82, 2.24) is 15.5 Å². The van der Waals surface area contributed by atoms with Gasteiger partial charge in [0.1, 0.15) is 5.82 Å². The minimum Gasteiger partial charge on any atom is -0.377 e. The molecule has 1 aromatic rings. The summed E-state index contributed by atoms with van der Waals surface area (Å²) in [6, 6.07) is 3.02. The van der Waals surface area contributed by atoms with Crippen molar-refractivity contribution in [3.63, 3.8) is 0 Å². The lowest BCUT2D eigenvalue weighted by Gasteiger charge is -2.25. The third kappa shape index (κ3) is 5.81. The molecule has 1 heterocycles. The Morgan fingerprint density at radius 2 is 2.00 bits per heavy atom. The van der Waals surface area contributed by atoms with E-state index in [0.717, 1.165) is 50.6 Å². The average molecular weight is 513 g/mol. The average Bonchev–Trinajstić information content (AvgIpc) is 3.18. The molecule has 0 spiro atoms. The van der Waals surface area contributed by atoms with Gasteiger partial charge >= 0.3 is 0 Å². The van der Waals surface area contributed by atoms with Gasteiger partial charge in [-0.1, -0.05) is 42.4 Å². The van der Waals surface area contributed by atoms with Gasteiger partial charge in [-0.3, -0.25) is 9.59 Å². The number of nitrogens with one attached hydrogen (secondary N) is 3. The number of rotatable bonds is 6. The van der Waals surface area contributed by atoms with Crippen molar-refractivity contribution in [2.24, 2.45) is 0 Å². The summed E-state index contributed by atoms with van der Waals surface area (Å²) in [5.74, 6) is 3.85. The van der Waals surface area contributed by atoms with Crippen molar-refractivity contribution in [2.75, 3.05) is 26.0 Å². The Hall–Kier alpha value is -3.89. The molecule has 3 aliphatic carbocycles. The van der Waals surface area contributed by atoms with Gasteiger partial charge in [0.2, 0.25) is 0 Å². The van der Waals surface area contributed by atoms with E-state index in [1.807, 2.05) is 20.2 Å². The molecule has 1 atom stereocenters. The van der Waals surface area contributed by atoms with Crippen LogP contribution in [0.1, 0.15) is 49.7 Å². The van der Waals surface area contributed by atoms with Crippen LogP contribution in [-0.2, 0) is 9.59 Å². The third-order valence-electron chi connectivity index (χ3n) is 7.14. The maximum atomic E-state index is 15.2. The fraction of sp³-hybridized carbons (Fsp3) is 0.355. The highest BCUT2D eigenvalue weighted by molar-refractivity contribution is 6.32. The van der Waals surface area contributed by atoms with E-state index in [9.17, 15) is 9.59 Å². The van der Waals surface area contributed by atoms with Gasteiger partial charge in [0, 0.05) is 30.1 Å². The predicted molar refractivity (Wildman–Crippen MR) is 148 cm³/mol. The van der Waals surface area contributed by atoms with E-state index in [4.69, 9.17) is 0 Å². The van der Waals surface area contributed by atoms with Gasteiger partial charge in [0.05, 0.1) is 22.5 Å². The summed E-state index contributed by atoms with van der Waals surface area (Å²) in [6.45, 7) is 0.869. The Morgan fingerprint density at radius 1 is 1.16 bits per heavy atom. The minimum absolute atomic E-state index is 0.000607. The molecule has 3 N–H and O–H groups in total. The van der Waals surface area contributed by atoms with Gasteiger partial charge in [-0.15, -0.1) is 0 Å². The first-order valence-electron chi connectivity index (χ1n) is 13.2. The summed E-state index contributed by atoms with van der Waals surface area (Å²) in [6.07, 6.45) is 18.3. The normalized spacial score (nSPS) is 21.5. The third-order valence-corrected chi connectivity index (χ3v) is 7.14. The van der Waals surface area contributed by atoms with Crippen LogP contribution < -0.4 is 16.0 Å². The summed E-state index contributed by atoms with van der Waals surface area (Å²) in [5.41, 5.74) is 4.33. The second-order valence-corrected chi connectivity index (χ2v) is 10.4. The van der Waals surface area contributed by atoms with Crippen molar-refractivity contribution in [3.05, 3.63) is 82.4 Å². The van der Waals surface area contributed by atoms with Crippen LogP contribution in [0.3, 0.4) is 0 Å². The number of anilines is 1. The van der Waals surface area contributed by atoms with Crippen molar-refractivity contribution in [2.45, 2.75) is 50.6 Å². The second-order valence-electron chi connectivity index (χ2n) is 10.4. The van der Waals surface area contributed by atoms with Crippen molar-refractivity contribution < 1.29 is 14.0 Å². The lowest BCUT2D eigenvalue weighted by Crippen LogP contribution is -2.38. The van der Waals surface area contributed by atoms with Gasteiger partial charge in [0.15, 0.2) is 0 Å². The van der Waals surface area contributed by atoms with E-state index >= 15 is 4.39 Å². The molecule has 2 amide bonds. The van der Waals surface area contributed by atoms with Crippen LogP contribution in [-0.4, -0.2) is 49.4 Å². The molecule has 1 saturated carbocycles. The number of carbonyl (C=O) groups is 2. The van der Waals surface area contributed by atoms with Gasteiger partial charge in [-0.25, -0.2) is 4.39 Å². The van der Waals surface area contributed by atoms with Gasteiger partial charge < -0.3 is 20.9 Å². The van der Waals surface area contributed by atoms with Crippen LogP contribution in [0.4, 0.5) is 10.1 Å². The molecule has 4 aliphatic rings. The number of likely N-dealkylation sites (N-methyl/N-ethyl adjacent to an activating group) is 1. The summed E-state index contributed by atoms with van der Waals surface area (Å²) in [4.78, 5) is 27.5. The number of carbonyl (C=O) groups excluding carboxylic acids is 2. The maximum absolute atomic E-state index is 15.2. The van der Waals surface area contributed by atoms with E-state index in [0.29, 0.717) is 22.5 Å². The molecule has 196 valence electrons. The number of allylic oxidation sites excluding steroid dienone is 3. The minimum atomic E-state index is -0.567. The molecular formula is C31H33FN4O2. The fourth-order valence-corrected chi connectivity index (χ4v) is 4.97. The number of amides is 2. The highest BCUT2D eigenvalue weighted by Crippen LogP contribution is 2.38. The van der Waals surface area contributed by atoms with Crippen LogP contribution in [0.25, 0.3) is 5.57 Å². The van der Waals surface area contributed by atoms with Crippen molar-refractivity contribution in [3.8, 4) is 11.8 Å². The Morgan fingerprint density at radius 3 is 2.66 bits per heavy atom. The molecule has 0 radical (unpaired) electrons. The van der Waals surface area contributed by atoms with E-state index in [1.165, 1.54) is 17.7 Å². The number of halogens is 1. The fourth-order valence-electron chi connectivity index (χ4n) is 4.97.